The van der Waals surface area contributed by atoms with Crippen LogP contribution in [0, 0.1) is 5.92 Å². The lowest BCUT2D eigenvalue weighted by atomic mass is 9.81. The van der Waals surface area contributed by atoms with Crippen LogP contribution in [0.15, 0.2) is 66.7 Å². The molecule has 0 fully saturated rings. The second-order valence-corrected chi connectivity index (χ2v) is 8.01. The zero-order valence-electron chi connectivity index (χ0n) is 19.9. The second-order valence-electron chi connectivity index (χ2n) is 8.01. The van der Waals surface area contributed by atoms with Crippen molar-refractivity contribution in [2.45, 2.75) is 18.8 Å². The Labute approximate surface area is 198 Å². The van der Waals surface area contributed by atoms with Gasteiger partial charge in [-0.05, 0) is 23.6 Å². The second kappa shape index (κ2) is 10.8. The Balaban J connectivity index is 2.26. The Morgan fingerprint density at radius 1 is 0.882 bits per heavy atom. The summed E-state index contributed by atoms with van der Waals surface area (Å²) in [5.41, 5.74) is 3.94. The number of benzene rings is 2. The molecule has 0 saturated heterocycles. The first-order chi connectivity index (χ1) is 16.3. The number of para-hydroxylation sites is 1. The molecule has 1 unspecified atom stereocenters. The van der Waals surface area contributed by atoms with E-state index in [-0.39, 0.29) is 18.8 Å². The van der Waals surface area contributed by atoms with Gasteiger partial charge in [-0.2, -0.15) is 0 Å². The first-order valence-electron chi connectivity index (χ1n) is 10.9. The highest BCUT2D eigenvalue weighted by Crippen LogP contribution is 2.40. The monoisotopic (exact) mass is 463 g/mol. The van der Waals surface area contributed by atoms with E-state index in [0.29, 0.717) is 5.57 Å². The van der Waals surface area contributed by atoms with Gasteiger partial charge in [-0.3, -0.25) is 9.59 Å². The van der Waals surface area contributed by atoms with Gasteiger partial charge in [0, 0.05) is 41.6 Å². The molecule has 2 aromatic carbocycles. The van der Waals surface area contributed by atoms with Crippen molar-refractivity contribution in [3.63, 3.8) is 0 Å². The summed E-state index contributed by atoms with van der Waals surface area (Å²) >= 11 is 0. The maximum Gasteiger partial charge on any atom is 0.333 e. The summed E-state index contributed by atoms with van der Waals surface area (Å²) < 4.78 is 16.7. The predicted octanol–water partition coefficient (Wildman–Crippen LogP) is 3.93. The summed E-state index contributed by atoms with van der Waals surface area (Å²) in [6, 6.07) is 17.5. The molecular weight excluding hydrogens is 434 g/mol. The molecule has 178 valence electrons. The van der Waals surface area contributed by atoms with Crippen molar-refractivity contribution >= 4 is 28.8 Å². The van der Waals surface area contributed by atoms with Crippen molar-refractivity contribution in [1.29, 1.82) is 0 Å². The molecule has 1 atom stereocenters. The van der Waals surface area contributed by atoms with Crippen molar-refractivity contribution in [2.75, 3.05) is 21.3 Å². The number of fused-ring (bicyclic) bond motifs is 1. The molecule has 0 aliphatic heterocycles. The molecule has 0 spiro atoms. The largest absolute Gasteiger partial charge is 0.468 e. The van der Waals surface area contributed by atoms with Crippen LogP contribution < -0.4 is 0 Å². The van der Waals surface area contributed by atoms with E-state index in [4.69, 9.17) is 14.2 Å². The van der Waals surface area contributed by atoms with Crippen LogP contribution in [0.1, 0.15) is 29.2 Å². The highest BCUT2D eigenvalue weighted by molar-refractivity contribution is 5.95. The molecule has 3 aromatic rings. The molecule has 7 heteroatoms. The molecule has 0 amide bonds. The van der Waals surface area contributed by atoms with Gasteiger partial charge < -0.3 is 18.8 Å². The molecule has 3 rings (SSSR count). The Hall–Kier alpha value is -3.87. The van der Waals surface area contributed by atoms with Gasteiger partial charge >= 0.3 is 17.9 Å². The molecule has 0 saturated carbocycles. The summed E-state index contributed by atoms with van der Waals surface area (Å²) in [4.78, 5) is 37.3. The Bertz CT molecular complexity index is 1190. The van der Waals surface area contributed by atoms with E-state index in [1.54, 1.807) is 0 Å². The van der Waals surface area contributed by atoms with Crippen LogP contribution in [0.5, 0.6) is 0 Å². The van der Waals surface area contributed by atoms with Crippen LogP contribution in [0.3, 0.4) is 0 Å². The zero-order chi connectivity index (χ0) is 24.8. The molecular formula is C27H29NO6. The first-order valence-corrected chi connectivity index (χ1v) is 10.9. The number of aromatic nitrogens is 1. The van der Waals surface area contributed by atoms with Crippen molar-refractivity contribution in [3.05, 3.63) is 83.6 Å². The Morgan fingerprint density at radius 3 is 2.06 bits per heavy atom. The fraction of sp³-hybridized carbons (Fsp3) is 0.296. The number of nitrogens with zero attached hydrogens (tertiary/aromatic N) is 1. The average molecular weight is 464 g/mol. The fourth-order valence-corrected chi connectivity index (χ4v) is 4.41. The van der Waals surface area contributed by atoms with E-state index in [1.165, 1.54) is 21.3 Å². The van der Waals surface area contributed by atoms with Crippen molar-refractivity contribution in [3.8, 4) is 0 Å². The number of esters is 3. The van der Waals surface area contributed by atoms with Crippen molar-refractivity contribution in [2.24, 2.45) is 13.0 Å². The van der Waals surface area contributed by atoms with E-state index in [2.05, 4.69) is 6.58 Å². The number of methoxy groups -OCH3 is 3. The molecule has 1 heterocycles. The van der Waals surface area contributed by atoms with Crippen LogP contribution in [0.2, 0.25) is 0 Å². The summed E-state index contributed by atoms with van der Waals surface area (Å²) in [5.74, 6) is -3.29. The minimum atomic E-state index is -1.11. The lowest BCUT2D eigenvalue weighted by molar-refractivity contribution is -0.159. The molecule has 1 aromatic heterocycles. The molecule has 0 N–H and O–H groups in total. The van der Waals surface area contributed by atoms with Gasteiger partial charge in [0.05, 0.1) is 21.3 Å². The van der Waals surface area contributed by atoms with Crippen LogP contribution >= 0.6 is 0 Å². The standard InChI is InChI=1S/C27H29NO6/c1-17(25(29)32-3)15-23-24(19-13-9-10-14-22(19)28(23)2)20(18-11-7-6-8-12-18)16-21(26(30)33-4)27(31)34-5/h6-14,20-21H,1,15-16H2,2-5H3. The molecule has 0 aliphatic carbocycles. The highest BCUT2D eigenvalue weighted by Gasteiger charge is 2.35. The normalized spacial score (nSPS) is 11.8. The fourth-order valence-electron chi connectivity index (χ4n) is 4.41. The quantitative estimate of drug-likeness (QED) is 0.207. The molecule has 0 bridgehead atoms. The number of ether oxygens (including phenoxy) is 3. The van der Waals surface area contributed by atoms with Crippen molar-refractivity contribution < 1.29 is 28.6 Å². The maximum absolute atomic E-state index is 12.6. The number of aryl methyl sites for hydroxylation is 1. The van der Waals surface area contributed by atoms with Gasteiger partial charge in [0.15, 0.2) is 5.92 Å². The molecule has 7 nitrogen and oxygen atoms in total. The predicted molar refractivity (Wildman–Crippen MR) is 128 cm³/mol. The van der Waals surface area contributed by atoms with E-state index < -0.39 is 23.8 Å². The van der Waals surface area contributed by atoms with Crippen LogP contribution in [0.4, 0.5) is 0 Å². The van der Waals surface area contributed by atoms with Crippen LogP contribution in [0.25, 0.3) is 10.9 Å². The van der Waals surface area contributed by atoms with Crippen LogP contribution in [-0.2, 0) is 42.1 Å². The van der Waals surface area contributed by atoms with Gasteiger partial charge in [0.25, 0.3) is 0 Å². The number of carbonyl (C=O) groups is 3. The summed E-state index contributed by atoms with van der Waals surface area (Å²) in [6.45, 7) is 3.91. The third-order valence-corrected chi connectivity index (χ3v) is 6.12. The van der Waals surface area contributed by atoms with E-state index in [9.17, 15) is 14.4 Å². The summed E-state index contributed by atoms with van der Waals surface area (Å²) in [7, 11) is 5.74. The van der Waals surface area contributed by atoms with E-state index in [0.717, 1.165) is 27.7 Å². The SMILES string of the molecule is C=C(Cc1c(C(CC(C(=O)OC)C(=O)OC)c2ccccc2)c2ccccc2n1C)C(=O)OC. The topological polar surface area (TPSA) is 83.8 Å². The third kappa shape index (κ3) is 4.88. The number of hydrogen-bond acceptors (Lipinski definition) is 6. The number of carbonyl (C=O) groups excluding carboxylic acids is 3. The summed E-state index contributed by atoms with van der Waals surface area (Å²) in [5, 5.41) is 0.958. The average Bonchev–Trinajstić information content (AvgIpc) is 3.15. The third-order valence-electron chi connectivity index (χ3n) is 6.12. The molecule has 0 radical (unpaired) electrons. The summed E-state index contributed by atoms with van der Waals surface area (Å²) in [6.07, 6.45) is 0.382. The Kier molecular flexibility index (Phi) is 7.89. The molecule has 0 aliphatic rings. The first kappa shape index (κ1) is 24.8. The van der Waals surface area contributed by atoms with Gasteiger partial charge in [-0.25, -0.2) is 4.79 Å². The minimum Gasteiger partial charge on any atom is -0.468 e. The van der Waals surface area contributed by atoms with E-state index >= 15 is 0 Å². The lowest BCUT2D eigenvalue weighted by Gasteiger charge is -2.23. The Morgan fingerprint density at radius 2 is 1.47 bits per heavy atom. The van der Waals surface area contributed by atoms with Gasteiger partial charge in [0.1, 0.15) is 0 Å². The zero-order valence-corrected chi connectivity index (χ0v) is 19.9. The number of hydrogen-bond donors (Lipinski definition) is 0. The van der Waals surface area contributed by atoms with Crippen molar-refractivity contribution in [1.82, 2.24) is 4.57 Å². The lowest BCUT2D eigenvalue weighted by Crippen LogP contribution is -2.29. The molecule has 34 heavy (non-hydrogen) atoms. The van der Waals surface area contributed by atoms with E-state index in [1.807, 2.05) is 66.2 Å². The highest BCUT2D eigenvalue weighted by atomic mass is 16.5. The van der Waals surface area contributed by atoms with Gasteiger partial charge in [-0.15, -0.1) is 0 Å². The maximum atomic E-state index is 12.6. The number of rotatable bonds is 9. The van der Waals surface area contributed by atoms with Gasteiger partial charge in [-0.1, -0.05) is 55.1 Å². The minimum absolute atomic E-state index is 0.134. The van der Waals surface area contributed by atoms with Gasteiger partial charge in [0.2, 0.25) is 0 Å². The van der Waals surface area contributed by atoms with Crippen LogP contribution in [-0.4, -0.2) is 43.8 Å². The smallest absolute Gasteiger partial charge is 0.333 e.